The van der Waals surface area contributed by atoms with E-state index in [2.05, 4.69) is 5.32 Å². The molecule has 0 rings (SSSR count). The predicted octanol–water partition coefficient (Wildman–Crippen LogP) is -3.26. The molecule has 0 saturated carbocycles. The predicted molar refractivity (Wildman–Crippen MR) is 60.5 cm³/mol. The molecule has 0 aromatic carbocycles. The van der Waals surface area contributed by atoms with Crippen LogP contribution in [0.25, 0.3) is 0 Å². The zero-order valence-electron chi connectivity index (χ0n) is 7.84. The first-order valence-corrected chi connectivity index (χ1v) is 7.94. The van der Waals surface area contributed by atoms with Crippen molar-refractivity contribution < 1.29 is 8.23 Å². The molecule has 0 amide bonds. The minimum absolute atomic E-state index is 0.246. The van der Waals surface area contributed by atoms with Crippen LogP contribution in [0.15, 0.2) is 0 Å². The Bertz CT molecular complexity index is 79.1. The molecule has 0 saturated heterocycles. The standard InChI is InChI=1S/C5H20N2O2Si3/c6-2-4-7-3-1-5-11-9-12-8-10/h7H,1-6,11-12H2,10H3. The lowest BCUT2D eigenvalue weighted by Gasteiger charge is -2.03. The summed E-state index contributed by atoms with van der Waals surface area (Å²) in [5.41, 5.74) is 5.32. The molecule has 0 aromatic heterocycles. The van der Waals surface area contributed by atoms with Crippen molar-refractivity contribution in [2.24, 2.45) is 5.73 Å². The second-order valence-corrected chi connectivity index (χ2v) is 7.85. The highest BCUT2D eigenvalue weighted by Gasteiger charge is 1.90. The van der Waals surface area contributed by atoms with Gasteiger partial charge in [-0.2, -0.15) is 0 Å². The maximum absolute atomic E-state index is 5.43. The van der Waals surface area contributed by atoms with E-state index in [9.17, 15) is 0 Å². The van der Waals surface area contributed by atoms with Gasteiger partial charge in [-0.15, -0.1) is 0 Å². The molecule has 4 nitrogen and oxygen atoms in total. The van der Waals surface area contributed by atoms with Crippen LogP contribution in [-0.2, 0) is 8.23 Å². The van der Waals surface area contributed by atoms with Crippen LogP contribution in [0.3, 0.4) is 0 Å². The minimum atomic E-state index is -0.539. The van der Waals surface area contributed by atoms with Crippen molar-refractivity contribution in [2.45, 2.75) is 12.5 Å². The molecule has 7 heteroatoms. The molecule has 0 fully saturated rings. The molecule has 0 aliphatic rings. The highest BCUT2D eigenvalue weighted by Crippen LogP contribution is 1.86. The van der Waals surface area contributed by atoms with Crippen LogP contribution in [0.2, 0.25) is 6.04 Å². The Kier molecular flexibility index (Phi) is 12.0. The van der Waals surface area contributed by atoms with Gasteiger partial charge in [0, 0.05) is 13.1 Å². The van der Waals surface area contributed by atoms with Gasteiger partial charge in [0.2, 0.25) is 0 Å². The molecule has 0 radical (unpaired) electrons. The average molecular weight is 224 g/mol. The van der Waals surface area contributed by atoms with E-state index in [1.165, 1.54) is 12.5 Å². The van der Waals surface area contributed by atoms with Gasteiger partial charge in [-0.1, -0.05) is 0 Å². The van der Waals surface area contributed by atoms with E-state index in [1.54, 1.807) is 0 Å². The normalized spacial score (nSPS) is 12.8. The third-order valence-corrected chi connectivity index (χ3v) is 4.97. The lowest BCUT2D eigenvalue weighted by Crippen LogP contribution is -2.23. The summed E-state index contributed by atoms with van der Waals surface area (Å²) in [6.45, 7) is 2.74. The van der Waals surface area contributed by atoms with Gasteiger partial charge in [-0.05, 0) is 19.0 Å². The summed E-state index contributed by atoms with van der Waals surface area (Å²) in [6.07, 6.45) is 1.22. The highest BCUT2D eigenvalue weighted by atomic mass is 28.3. The molecular formula is C5H20N2O2Si3. The van der Waals surface area contributed by atoms with Crippen LogP contribution in [0, 0.1) is 0 Å². The van der Waals surface area contributed by atoms with E-state index in [0.29, 0.717) is 0 Å². The van der Waals surface area contributed by atoms with E-state index in [1.807, 2.05) is 0 Å². The van der Waals surface area contributed by atoms with Crippen LogP contribution in [-0.4, -0.2) is 49.9 Å². The van der Waals surface area contributed by atoms with Gasteiger partial charge in [0.1, 0.15) is 20.2 Å². The van der Waals surface area contributed by atoms with Gasteiger partial charge < -0.3 is 19.3 Å². The van der Waals surface area contributed by atoms with E-state index >= 15 is 0 Å². The van der Waals surface area contributed by atoms with Crippen molar-refractivity contribution in [1.29, 1.82) is 0 Å². The summed E-state index contributed by atoms with van der Waals surface area (Å²) < 4.78 is 10.5. The second kappa shape index (κ2) is 11.5. The summed E-state index contributed by atoms with van der Waals surface area (Å²) in [5.74, 6) is 0. The monoisotopic (exact) mass is 224 g/mol. The third-order valence-electron chi connectivity index (χ3n) is 1.41. The molecule has 74 valence electrons. The Morgan fingerprint density at radius 2 is 2.25 bits per heavy atom. The molecule has 0 atom stereocenters. The third kappa shape index (κ3) is 10.5. The molecule has 0 aromatic rings. The van der Waals surface area contributed by atoms with Crippen molar-refractivity contribution in [2.75, 3.05) is 19.6 Å². The fraction of sp³-hybridized carbons (Fsp3) is 1.00. The molecule has 0 aliphatic carbocycles. The van der Waals surface area contributed by atoms with Crippen LogP contribution in [0.5, 0.6) is 0 Å². The molecule has 12 heavy (non-hydrogen) atoms. The zero-order chi connectivity index (χ0) is 9.07. The quantitative estimate of drug-likeness (QED) is 0.319. The highest BCUT2D eigenvalue weighted by molar-refractivity contribution is 6.41. The van der Waals surface area contributed by atoms with E-state index < -0.39 is 10.0 Å². The van der Waals surface area contributed by atoms with Crippen molar-refractivity contribution in [3.63, 3.8) is 0 Å². The number of rotatable bonds is 9. The Morgan fingerprint density at radius 3 is 2.92 bits per heavy atom. The van der Waals surface area contributed by atoms with Crippen molar-refractivity contribution in [3.8, 4) is 0 Å². The first-order valence-electron chi connectivity index (χ1n) is 4.39. The van der Waals surface area contributed by atoms with E-state index in [0.717, 1.165) is 30.1 Å². The molecule has 0 aliphatic heterocycles. The summed E-state index contributed by atoms with van der Waals surface area (Å²) >= 11 is 0. The van der Waals surface area contributed by atoms with Gasteiger partial charge in [0.05, 0.1) is 0 Å². The Labute approximate surface area is 82.1 Å². The Morgan fingerprint density at radius 1 is 1.42 bits per heavy atom. The number of nitrogens with one attached hydrogen (secondary N) is 1. The lowest BCUT2D eigenvalue weighted by atomic mass is 10.5. The SMILES string of the molecule is NCCNCCC[SiH2]O[SiH2]O[SiH3]. The lowest BCUT2D eigenvalue weighted by molar-refractivity contribution is 0.499. The smallest absolute Gasteiger partial charge is 0.282 e. The topological polar surface area (TPSA) is 56.5 Å². The first-order chi connectivity index (χ1) is 5.91. The van der Waals surface area contributed by atoms with Gasteiger partial charge in [0.25, 0.3) is 10.0 Å². The van der Waals surface area contributed by atoms with E-state index in [4.69, 9.17) is 14.0 Å². The van der Waals surface area contributed by atoms with Crippen molar-refractivity contribution in [3.05, 3.63) is 0 Å². The fourth-order valence-electron chi connectivity index (χ4n) is 0.823. The number of hydrogen-bond donors (Lipinski definition) is 2. The van der Waals surface area contributed by atoms with Crippen LogP contribution in [0.1, 0.15) is 6.42 Å². The first kappa shape index (κ1) is 12.5. The maximum atomic E-state index is 5.43. The Balaban J connectivity index is 2.73. The molecule has 3 N–H and O–H groups in total. The zero-order valence-corrected chi connectivity index (χ0v) is 12.7. The van der Waals surface area contributed by atoms with Gasteiger partial charge in [-0.25, -0.2) is 0 Å². The molecule has 0 heterocycles. The van der Waals surface area contributed by atoms with Crippen molar-refractivity contribution >= 4 is 30.3 Å². The van der Waals surface area contributed by atoms with Gasteiger partial charge >= 0.3 is 0 Å². The molecule has 0 spiro atoms. The van der Waals surface area contributed by atoms with E-state index in [-0.39, 0.29) is 9.76 Å². The summed E-state index contributed by atoms with van der Waals surface area (Å²) in [5, 5.41) is 3.25. The summed E-state index contributed by atoms with van der Waals surface area (Å²) in [4.78, 5) is 0. The van der Waals surface area contributed by atoms with Gasteiger partial charge in [0.15, 0.2) is 0 Å². The Hall–Kier alpha value is 0.491. The summed E-state index contributed by atoms with van der Waals surface area (Å²) in [7, 11) is 0.0570. The molecule has 0 unspecified atom stereocenters. The minimum Gasteiger partial charge on any atom is -0.449 e. The van der Waals surface area contributed by atoms with Crippen LogP contribution >= 0.6 is 0 Å². The molecular weight excluding hydrogens is 204 g/mol. The average Bonchev–Trinajstić information content (AvgIpc) is 2.10. The van der Waals surface area contributed by atoms with Crippen molar-refractivity contribution in [1.82, 2.24) is 5.32 Å². The summed E-state index contributed by atoms with van der Waals surface area (Å²) in [6, 6.07) is 1.26. The number of hydrogen-bond acceptors (Lipinski definition) is 4. The van der Waals surface area contributed by atoms with Crippen LogP contribution < -0.4 is 11.1 Å². The maximum Gasteiger partial charge on any atom is 0.282 e. The largest absolute Gasteiger partial charge is 0.449 e. The fourth-order valence-corrected chi connectivity index (χ4v) is 4.73. The molecule has 0 bridgehead atoms. The van der Waals surface area contributed by atoms with Gasteiger partial charge in [-0.3, -0.25) is 0 Å². The second-order valence-electron chi connectivity index (χ2n) is 2.56. The van der Waals surface area contributed by atoms with Crippen LogP contribution in [0.4, 0.5) is 0 Å². The number of nitrogens with two attached hydrogens (primary N) is 1.